The predicted octanol–water partition coefficient (Wildman–Crippen LogP) is 5.29. The van der Waals surface area contributed by atoms with Crippen molar-refractivity contribution < 1.29 is 9.72 Å². The summed E-state index contributed by atoms with van der Waals surface area (Å²) in [4.78, 5) is 27.6. The van der Waals surface area contributed by atoms with Crippen molar-refractivity contribution in [3.05, 3.63) is 86.0 Å². The number of carbonyl (C=O) groups is 1. The number of aromatic nitrogens is 1. The van der Waals surface area contributed by atoms with Crippen LogP contribution in [0.5, 0.6) is 0 Å². The van der Waals surface area contributed by atoms with E-state index in [1.165, 1.54) is 12.1 Å². The molecule has 2 aromatic carbocycles. The summed E-state index contributed by atoms with van der Waals surface area (Å²) < 4.78 is 0.947. The predicted molar refractivity (Wildman–Crippen MR) is 108 cm³/mol. The maximum atomic E-state index is 12.6. The Balaban J connectivity index is 1.88. The van der Waals surface area contributed by atoms with E-state index in [0.717, 1.165) is 21.3 Å². The number of aryl methyl sites for hydroxylation is 2. The third kappa shape index (κ3) is 4.20. The van der Waals surface area contributed by atoms with Crippen LogP contribution in [0.25, 0.3) is 11.3 Å². The van der Waals surface area contributed by atoms with Gasteiger partial charge in [-0.2, -0.15) is 0 Å². The second-order valence-corrected chi connectivity index (χ2v) is 6.97. The largest absolute Gasteiger partial charge is 0.321 e. The lowest BCUT2D eigenvalue weighted by Gasteiger charge is -2.11. The highest BCUT2D eigenvalue weighted by molar-refractivity contribution is 9.10. The van der Waals surface area contributed by atoms with Gasteiger partial charge in [0.05, 0.1) is 27.6 Å². The highest BCUT2D eigenvalue weighted by atomic mass is 79.9. The molecule has 1 aromatic heterocycles. The van der Waals surface area contributed by atoms with Gasteiger partial charge in [0.25, 0.3) is 11.6 Å². The van der Waals surface area contributed by atoms with Crippen molar-refractivity contribution in [1.82, 2.24) is 4.98 Å². The zero-order valence-corrected chi connectivity index (χ0v) is 16.3. The van der Waals surface area contributed by atoms with Gasteiger partial charge in [-0.05, 0) is 43.7 Å². The second kappa shape index (κ2) is 7.67. The Hall–Kier alpha value is -3.06. The van der Waals surface area contributed by atoms with Crippen molar-refractivity contribution in [3.63, 3.8) is 0 Å². The Bertz CT molecular complexity index is 1050. The summed E-state index contributed by atoms with van der Waals surface area (Å²) in [5.41, 5.74) is 3.77. The van der Waals surface area contributed by atoms with E-state index in [1.807, 2.05) is 24.3 Å². The van der Waals surface area contributed by atoms with E-state index in [0.29, 0.717) is 16.9 Å². The monoisotopic (exact) mass is 425 g/mol. The number of nitrogens with zero attached hydrogens (tertiary/aromatic N) is 2. The number of non-ortho nitro benzene ring substituents is 1. The molecule has 7 heteroatoms. The van der Waals surface area contributed by atoms with Crippen LogP contribution in [-0.4, -0.2) is 15.8 Å². The molecule has 0 atom stereocenters. The third-order valence-corrected chi connectivity index (χ3v) is 4.62. The van der Waals surface area contributed by atoms with Gasteiger partial charge in [0.1, 0.15) is 0 Å². The van der Waals surface area contributed by atoms with Crippen LogP contribution in [0.1, 0.15) is 21.6 Å². The van der Waals surface area contributed by atoms with Crippen LogP contribution >= 0.6 is 15.9 Å². The van der Waals surface area contributed by atoms with Crippen molar-refractivity contribution in [2.75, 3.05) is 5.32 Å². The molecule has 0 aliphatic heterocycles. The Kier molecular flexibility index (Phi) is 5.32. The van der Waals surface area contributed by atoms with Crippen molar-refractivity contribution in [3.8, 4) is 11.3 Å². The van der Waals surface area contributed by atoms with Crippen LogP contribution in [0.2, 0.25) is 0 Å². The van der Waals surface area contributed by atoms with Gasteiger partial charge in [0, 0.05) is 22.2 Å². The highest BCUT2D eigenvalue weighted by Crippen LogP contribution is 2.25. The van der Waals surface area contributed by atoms with Gasteiger partial charge in [0.15, 0.2) is 0 Å². The number of hydrogen-bond donors (Lipinski definition) is 1. The number of anilines is 1. The molecule has 0 radical (unpaired) electrons. The van der Waals surface area contributed by atoms with Gasteiger partial charge in [-0.25, -0.2) is 0 Å². The molecule has 3 rings (SSSR count). The standard InChI is InChI=1S/C20H16BrN3O3/c1-12-6-7-16(24(26)27)11-19(12)23-20(25)17-8-9-18(22-13(17)2)14-4-3-5-15(21)10-14/h3-11H,1-2H3,(H,23,25). The van der Waals surface area contributed by atoms with E-state index in [1.54, 1.807) is 32.0 Å². The van der Waals surface area contributed by atoms with Crippen LogP contribution in [0.4, 0.5) is 11.4 Å². The first-order chi connectivity index (χ1) is 12.8. The molecule has 0 fully saturated rings. The second-order valence-electron chi connectivity index (χ2n) is 6.05. The minimum Gasteiger partial charge on any atom is -0.321 e. The molecule has 1 amide bonds. The molecule has 0 saturated carbocycles. The van der Waals surface area contributed by atoms with Crippen molar-refractivity contribution in [1.29, 1.82) is 0 Å². The van der Waals surface area contributed by atoms with Crippen LogP contribution in [0, 0.1) is 24.0 Å². The van der Waals surface area contributed by atoms with Gasteiger partial charge in [-0.3, -0.25) is 19.9 Å². The number of carbonyl (C=O) groups excluding carboxylic acids is 1. The van der Waals surface area contributed by atoms with E-state index in [-0.39, 0.29) is 11.6 Å². The number of halogens is 1. The van der Waals surface area contributed by atoms with Gasteiger partial charge in [-0.1, -0.05) is 34.1 Å². The van der Waals surface area contributed by atoms with Crippen molar-refractivity contribution >= 4 is 33.2 Å². The van der Waals surface area contributed by atoms with E-state index in [2.05, 4.69) is 26.2 Å². The molecule has 0 bridgehead atoms. The smallest absolute Gasteiger partial charge is 0.271 e. The molecule has 3 aromatic rings. The van der Waals surface area contributed by atoms with Crippen LogP contribution in [-0.2, 0) is 0 Å². The fourth-order valence-electron chi connectivity index (χ4n) is 2.66. The van der Waals surface area contributed by atoms with Gasteiger partial charge >= 0.3 is 0 Å². The van der Waals surface area contributed by atoms with Crippen LogP contribution in [0.15, 0.2) is 59.1 Å². The van der Waals surface area contributed by atoms with E-state index >= 15 is 0 Å². The molecule has 1 N–H and O–H groups in total. The normalized spacial score (nSPS) is 10.5. The maximum Gasteiger partial charge on any atom is 0.271 e. The Morgan fingerprint density at radius 3 is 2.56 bits per heavy atom. The molecule has 0 spiro atoms. The number of nitrogens with one attached hydrogen (secondary N) is 1. The van der Waals surface area contributed by atoms with Gasteiger partial charge in [0.2, 0.25) is 0 Å². The summed E-state index contributed by atoms with van der Waals surface area (Å²) in [6, 6.07) is 15.6. The molecule has 27 heavy (non-hydrogen) atoms. The lowest BCUT2D eigenvalue weighted by atomic mass is 10.1. The Morgan fingerprint density at radius 1 is 1.11 bits per heavy atom. The summed E-state index contributed by atoms with van der Waals surface area (Å²) in [5, 5.41) is 13.7. The fraction of sp³-hybridized carbons (Fsp3) is 0.100. The number of hydrogen-bond acceptors (Lipinski definition) is 4. The molecule has 6 nitrogen and oxygen atoms in total. The SMILES string of the molecule is Cc1ccc([N+](=O)[O-])cc1NC(=O)c1ccc(-c2cccc(Br)c2)nc1C. The van der Waals surface area contributed by atoms with Crippen LogP contribution < -0.4 is 5.32 Å². The molecule has 0 aliphatic carbocycles. The number of benzene rings is 2. The summed E-state index contributed by atoms with van der Waals surface area (Å²) in [6.07, 6.45) is 0. The zero-order chi connectivity index (χ0) is 19.6. The highest BCUT2D eigenvalue weighted by Gasteiger charge is 2.15. The quantitative estimate of drug-likeness (QED) is 0.454. The molecule has 0 aliphatic rings. The Morgan fingerprint density at radius 2 is 1.89 bits per heavy atom. The zero-order valence-electron chi connectivity index (χ0n) is 14.7. The van der Waals surface area contributed by atoms with E-state index < -0.39 is 4.92 Å². The molecular formula is C20H16BrN3O3. The third-order valence-electron chi connectivity index (χ3n) is 4.13. The van der Waals surface area contributed by atoms with E-state index in [9.17, 15) is 14.9 Å². The minimum atomic E-state index is -0.491. The average Bonchev–Trinajstić information content (AvgIpc) is 2.63. The number of rotatable bonds is 4. The molecule has 136 valence electrons. The minimum absolute atomic E-state index is 0.0734. The topological polar surface area (TPSA) is 85.1 Å². The first-order valence-electron chi connectivity index (χ1n) is 8.15. The van der Waals surface area contributed by atoms with Gasteiger partial charge < -0.3 is 5.32 Å². The number of pyridine rings is 1. The Labute approximate surface area is 164 Å². The summed E-state index contributed by atoms with van der Waals surface area (Å²) >= 11 is 3.44. The molecule has 0 saturated heterocycles. The summed E-state index contributed by atoms with van der Waals surface area (Å²) in [7, 11) is 0. The lowest BCUT2D eigenvalue weighted by molar-refractivity contribution is -0.384. The summed E-state index contributed by atoms with van der Waals surface area (Å²) in [5.74, 6) is -0.357. The number of amides is 1. The summed E-state index contributed by atoms with van der Waals surface area (Å²) in [6.45, 7) is 3.54. The maximum absolute atomic E-state index is 12.6. The lowest BCUT2D eigenvalue weighted by Crippen LogP contribution is -2.15. The van der Waals surface area contributed by atoms with Gasteiger partial charge in [-0.15, -0.1) is 0 Å². The first-order valence-corrected chi connectivity index (χ1v) is 8.94. The van der Waals surface area contributed by atoms with Crippen molar-refractivity contribution in [2.24, 2.45) is 0 Å². The number of nitro benzene ring substituents is 1. The fourth-order valence-corrected chi connectivity index (χ4v) is 3.06. The van der Waals surface area contributed by atoms with E-state index in [4.69, 9.17) is 0 Å². The first kappa shape index (κ1) is 18.7. The van der Waals surface area contributed by atoms with Crippen LogP contribution in [0.3, 0.4) is 0 Å². The molecule has 0 unspecified atom stereocenters. The molecular weight excluding hydrogens is 410 g/mol. The molecule has 1 heterocycles. The number of nitro groups is 1. The average molecular weight is 426 g/mol. The van der Waals surface area contributed by atoms with Crippen molar-refractivity contribution in [2.45, 2.75) is 13.8 Å².